The van der Waals surface area contributed by atoms with E-state index in [-0.39, 0.29) is 6.61 Å². The predicted octanol–water partition coefficient (Wildman–Crippen LogP) is 1.83. The van der Waals surface area contributed by atoms with Gasteiger partial charge in [-0.2, -0.15) is 0 Å². The summed E-state index contributed by atoms with van der Waals surface area (Å²) in [5.74, 6) is -0.722. The van der Waals surface area contributed by atoms with Gasteiger partial charge < -0.3 is 9.84 Å². The van der Waals surface area contributed by atoms with Gasteiger partial charge in [0.25, 0.3) is 0 Å². The van der Waals surface area contributed by atoms with Crippen LogP contribution in [0.1, 0.15) is 39.0 Å². The molecular weight excluding hydrogens is 208 g/mol. The van der Waals surface area contributed by atoms with Gasteiger partial charge >= 0.3 is 11.9 Å². The van der Waals surface area contributed by atoms with Crippen LogP contribution in [0.3, 0.4) is 0 Å². The van der Waals surface area contributed by atoms with E-state index in [1.165, 1.54) is 0 Å². The Labute approximate surface area is 95.0 Å². The standard InChI is InChI=1S/C12H18O4/c1-2-16-11(15)12(10(13)14)6-8-3-4-9(5-8)7-12/h8-9H,2-7H2,1H3,(H,13,14)/t8-,9+,12?. The second-order valence-corrected chi connectivity index (χ2v) is 5.06. The topological polar surface area (TPSA) is 63.6 Å². The number of fused-ring (bicyclic) bond motifs is 2. The molecule has 4 heteroatoms. The highest BCUT2D eigenvalue weighted by Crippen LogP contribution is 2.51. The molecule has 2 fully saturated rings. The summed E-state index contributed by atoms with van der Waals surface area (Å²) in [6, 6.07) is 0. The number of carbonyl (C=O) groups is 2. The summed E-state index contributed by atoms with van der Waals surface area (Å²) >= 11 is 0. The van der Waals surface area contributed by atoms with Crippen LogP contribution in [0.4, 0.5) is 0 Å². The first-order valence-corrected chi connectivity index (χ1v) is 5.99. The van der Waals surface area contributed by atoms with E-state index in [0.717, 1.165) is 19.3 Å². The molecule has 2 aliphatic rings. The predicted molar refractivity (Wildman–Crippen MR) is 56.8 cm³/mol. The fourth-order valence-corrected chi connectivity index (χ4v) is 3.32. The normalized spacial score (nSPS) is 37.1. The minimum absolute atomic E-state index is 0.253. The second kappa shape index (κ2) is 4.07. The first-order valence-electron chi connectivity index (χ1n) is 5.99. The maximum atomic E-state index is 11.9. The maximum absolute atomic E-state index is 11.9. The van der Waals surface area contributed by atoms with Crippen molar-refractivity contribution >= 4 is 11.9 Å². The minimum Gasteiger partial charge on any atom is -0.480 e. The fourth-order valence-electron chi connectivity index (χ4n) is 3.32. The highest BCUT2D eigenvalue weighted by Gasteiger charge is 2.54. The number of hydrogen-bond acceptors (Lipinski definition) is 3. The molecule has 16 heavy (non-hydrogen) atoms. The Morgan fingerprint density at radius 1 is 1.31 bits per heavy atom. The number of carboxylic acid groups (broad SMARTS) is 1. The maximum Gasteiger partial charge on any atom is 0.323 e. The zero-order valence-electron chi connectivity index (χ0n) is 9.57. The van der Waals surface area contributed by atoms with Gasteiger partial charge in [-0.1, -0.05) is 12.8 Å². The summed E-state index contributed by atoms with van der Waals surface area (Å²) in [5, 5.41) is 9.35. The second-order valence-electron chi connectivity index (χ2n) is 5.06. The zero-order valence-corrected chi connectivity index (χ0v) is 9.57. The van der Waals surface area contributed by atoms with Crippen molar-refractivity contribution < 1.29 is 19.4 Å². The quantitative estimate of drug-likeness (QED) is 0.589. The average Bonchev–Trinajstić information content (AvgIpc) is 2.58. The number of carbonyl (C=O) groups excluding carboxylic acids is 1. The van der Waals surface area contributed by atoms with E-state index in [1.54, 1.807) is 6.92 Å². The van der Waals surface area contributed by atoms with Crippen LogP contribution in [-0.2, 0) is 14.3 Å². The van der Waals surface area contributed by atoms with E-state index in [4.69, 9.17) is 4.74 Å². The van der Waals surface area contributed by atoms with Crippen molar-refractivity contribution in [2.24, 2.45) is 17.3 Å². The number of aliphatic carboxylic acids is 1. The van der Waals surface area contributed by atoms with Gasteiger partial charge in [0.2, 0.25) is 0 Å². The van der Waals surface area contributed by atoms with E-state index in [2.05, 4.69) is 0 Å². The molecule has 4 nitrogen and oxygen atoms in total. The van der Waals surface area contributed by atoms with Crippen molar-refractivity contribution in [3.05, 3.63) is 0 Å². The molecule has 2 rings (SSSR count). The molecule has 3 atom stereocenters. The van der Waals surface area contributed by atoms with Gasteiger partial charge in [0.1, 0.15) is 0 Å². The summed E-state index contributed by atoms with van der Waals surface area (Å²) in [6.45, 7) is 1.97. The first kappa shape index (κ1) is 11.4. The number of carboxylic acids is 1. The molecule has 1 unspecified atom stereocenters. The molecule has 0 amide bonds. The lowest BCUT2D eigenvalue weighted by Crippen LogP contribution is -2.45. The molecule has 90 valence electrons. The third-order valence-electron chi connectivity index (χ3n) is 4.00. The summed E-state index contributed by atoms with van der Waals surface area (Å²) in [5.41, 5.74) is -1.25. The van der Waals surface area contributed by atoms with Gasteiger partial charge in [0.15, 0.2) is 5.41 Å². The van der Waals surface area contributed by atoms with E-state index in [9.17, 15) is 14.7 Å². The third kappa shape index (κ3) is 1.70. The molecule has 0 saturated heterocycles. The Balaban J connectivity index is 2.22. The summed E-state index contributed by atoms with van der Waals surface area (Å²) in [7, 11) is 0. The lowest BCUT2D eigenvalue weighted by molar-refractivity contribution is -0.173. The molecule has 1 N–H and O–H groups in total. The molecule has 2 bridgehead atoms. The van der Waals surface area contributed by atoms with Gasteiger partial charge in [-0.05, 0) is 38.0 Å². The van der Waals surface area contributed by atoms with E-state index in [0.29, 0.717) is 24.7 Å². The molecule has 0 aromatic rings. The third-order valence-corrected chi connectivity index (χ3v) is 4.00. The van der Waals surface area contributed by atoms with E-state index >= 15 is 0 Å². The fraction of sp³-hybridized carbons (Fsp3) is 0.833. The Hall–Kier alpha value is -1.06. The van der Waals surface area contributed by atoms with E-state index in [1.807, 2.05) is 0 Å². The molecule has 0 heterocycles. The van der Waals surface area contributed by atoms with Crippen LogP contribution < -0.4 is 0 Å². The Bertz CT molecular complexity index is 298. The van der Waals surface area contributed by atoms with Crippen molar-refractivity contribution in [2.75, 3.05) is 6.61 Å². The van der Waals surface area contributed by atoms with Crippen molar-refractivity contribution in [3.63, 3.8) is 0 Å². The molecule has 0 aromatic carbocycles. The molecule has 0 aliphatic heterocycles. The lowest BCUT2D eigenvalue weighted by Gasteiger charge is -2.34. The molecule has 0 spiro atoms. The highest BCUT2D eigenvalue weighted by atomic mass is 16.5. The van der Waals surface area contributed by atoms with Crippen molar-refractivity contribution in [1.29, 1.82) is 0 Å². The monoisotopic (exact) mass is 226 g/mol. The number of rotatable bonds is 3. The number of ether oxygens (including phenoxy) is 1. The van der Waals surface area contributed by atoms with Gasteiger partial charge in [-0.25, -0.2) is 0 Å². The van der Waals surface area contributed by atoms with Gasteiger partial charge in [-0.3, -0.25) is 9.59 Å². The minimum atomic E-state index is -1.25. The van der Waals surface area contributed by atoms with Gasteiger partial charge in [-0.15, -0.1) is 0 Å². The van der Waals surface area contributed by atoms with Crippen LogP contribution in [0, 0.1) is 17.3 Å². The molecule has 0 radical (unpaired) electrons. The van der Waals surface area contributed by atoms with Crippen LogP contribution in [0.5, 0.6) is 0 Å². The van der Waals surface area contributed by atoms with Crippen LogP contribution in [0.2, 0.25) is 0 Å². The molecule has 2 aliphatic carbocycles. The number of hydrogen-bond donors (Lipinski definition) is 1. The van der Waals surface area contributed by atoms with E-state index < -0.39 is 17.4 Å². The largest absolute Gasteiger partial charge is 0.480 e. The summed E-state index contributed by atoms with van der Waals surface area (Å²) in [6.07, 6.45) is 4.17. The van der Waals surface area contributed by atoms with Crippen LogP contribution in [0.15, 0.2) is 0 Å². The van der Waals surface area contributed by atoms with Crippen LogP contribution in [-0.4, -0.2) is 23.7 Å². The van der Waals surface area contributed by atoms with Crippen LogP contribution in [0.25, 0.3) is 0 Å². The lowest BCUT2D eigenvalue weighted by atomic mass is 9.69. The number of esters is 1. The highest BCUT2D eigenvalue weighted by molar-refractivity contribution is 5.99. The Morgan fingerprint density at radius 2 is 1.88 bits per heavy atom. The first-order chi connectivity index (χ1) is 7.58. The molecule has 2 saturated carbocycles. The van der Waals surface area contributed by atoms with Crippen molar-refractivity contribution in [1.82, 2.24) is 0 Å². The van der Waals surface area contributed by atoms with Crippen molar-refractivity contribution in [3.8, 4) is 0 Å². The molecular formula is C12H18O4. The smallest absolute Gasteiger partial charge is 0.323 e. The Morgan fingerprint density at radius 3 is 2.31 bits per heavy atom. The summed E-state index contributed by atoms with van der Waals surface area (Å²) in [4.78, 5) is 23.3. The van der Waals surface area contributed by atoms with Crippen molar-refractivity contribution in [2.45, 2.75) is 39.0 Å². The summed E-state index contributed by atoms with van der Waals surface area (Å²) < 4.78 is 4.95. The van der Waals surface area contributed by atoms with Gasteiger partial charge in [0, 0.05) is 0 Å². The van der Waals surface area contributed by atoms with Gasteiger partial charge in [0.05, 0.1) is 6.61 Å². The zero-order chi connectivity index (χ0) is 11.8. The Kier molecular flexibility index (Phi) is 2.91. The van der Waals surface area contributed by atoms with Crippen LogP contribution >= 0.6 is 0 Å². The average molecular weight is 226 g/mol. The SMILES string of the molecule is CCOC(=O)C1(C(=O)O)C[C@@H]2CC[C@@H](C2)C1. The molecule has 0 aromatic heterocycles.